The Morgan fingerprint density at radius 1 is 0.773 bits per heavy atom. The van der Waals surface area contributed by atoms with Crippen molar-refractivity contribution < 1.29 is 29.1 Å². The third-order valence-electron chi connectivity index (χ3n) is 9.78. The Balaban J connectivity index is 0.000000196. The van der Waals surface area contributed by atoms with Gasteiger partial charge in [-0.05, 0) is 19.3 Å². The summed E-state index contributed by atoms with van der Waals surface area (Å²) in [4.78, 5) is 107. The number of rotatable bonds is 5. The molecule has 11 rings (SSSR count). The number of nitrogens with zero attached hydrogens (tertiary/aromatic N) is 19. The van der Waals surface area contributed by atoms with E-state index in [1.54, 1.807) is 13.3 Å². The molecule has 7 N–H and O–H groups in total. The Bertz CT molecular complexity index is 3560. The monoisotopic (exact) mass is 1110 g/mol. The first kappa shape index (κ1) is 59.1. The van der Waals surface area contributed by atoms with E-state index >= 15 is 0 Å². The first-order chi connectivity index (χ1) is 34.9. The molecule has 34 heteroatoms. The lowest BCUT2D eigenvalue weighted by atomic mass is 10.2. The van der Waals surface area contributed by atoms with E-state index < -0.39 is 0 Å². The molecule has 11 heterocycles. The number of anilines is 2. The summed E-state index contributed by atoms with van der Waals surface area (Å²) in [7, 11) is 1.47. The fourth-order valence-electron chi connectivity index (χ4n) is 6.20. The van der Waals surface area contributed by atoms with Crippen molar-refractivity contribution in [1.82, 2.24) is 103 Å². The van der Waals surface area contributed by atoms with E-state index in [9.17, 15) is 24.0 Å². The van der Waals surface area contributed by atoms with E-state index in [0.29, 0.717) is 55.4 Å². The summed E-state index contributed by atoms with van der Waals surface area (Å²) in [6.45, 7) is 6.67. The van der Waals surface area contributed by atoms with Gasteiger partial charge in [0.2, 0.25) is 5.91 Å². The maximum atomic E-state index is 11.4. The Kier molecular flexibility index (Phi) is 21.3. The van der Waals surface area contributed by atoms with E-state index in [1.165, 1.54) is 93.8 Å². The third-order valence-corrected chi connectivity index (χ3v) is 10.7. The van der Waals surface area contributed by atoms with Crippen LogP contribution in [0.2, 0.25) is 15.5 Å². The van der Waals surface area contributed by atoms with Gasteiger partial charge in [-0.1, -0.05) is 54.4 Å². The second-order valence-electron chi connectivity index (χ2n) is 14.7. The van der Waals surface area contributed by atoms with Gasteiger partial charge in [0.05, 0.1) is 19.0 Å². The highest BCUT2D eigenvalue weighted by Gasteiger charge is 2.20. The zero-order chi connectivity index (χ0) is 52.9. The number of nitrogens with two attached hydrogens (primary N) is 2. The smallest absolute Gasteiger partial charge is 0.352 e. The number of nitrogens with one attached hydrogen (secondary N) is 2. The van der Waals surface area contributed by atoms with Crippen molar-refractivity contribution in [2.45, 2.75) is 67.0 Å². The van der Waals surface area contributed by atoms with Gasteiger partial charge in [-0.25, -0.2) is 69.0 Å². The number of hydrogen-bond donors (Lipinski definition) is 5. The molecular formula is C41H47Cl4N23O7. The molecular weight excluding hydrogens is 1070 g/mol. The van der Waals surface area contributed by atoms with Crippen LogP contribution < -0.4 is 17.2 Å². The predicted octanol–water partition coefficient (Wildman–Crippen LogP) is 4.85. The Hall–Kier alpha value is -8.45. The number of fused-ring (bicyclic) bond motifs is 4. The van der Waals surface area contributed by atoms with E-state index in [4.69, 9.17) is 56.2 Å². The second-order valence-corrected chi connectivity index (χ2v) is 15.8. The molecule has 0 spiro atoms. The van der Waals surface area contributed by atoms with Crippen molar-refractivity contribution in [3.8, 4) is 11.5 Å². The van der Waals surface area contributed by atoms with Gasteiger partial charge in [-0.15, -0.1) is 17.5 Å². The molecule has 30 nitrogen and oxygen atoms in total. The summed E-state index contributed by atoms with van der Waals surface area (Å²) >= 11 is 17.3. The maximum Gasteiger partial charge on any atom is 0.352 e. The van der Waals surface area contributed by atoms with E-state index in [1.807, 2.05) is 4.57 Å². The lowest BCUT2D eigenvalue weighted by Gasteiger charge is -2.23. The number of ether oxygens (including phenoxy) is 1. The molecule has 0 aliphatic carbocycles. The van der Waals surface area contributed by atoms with Gasteiger partial charge >= 0.3 is 5.69 Å². The summed E-state index contributed by atoms with van der Waals surface area (Å²) in [6, 6.07) is 0. The Morgan fingerprint density at radius 2 is 1.45 bits per heavy atom. The Labute approximate surface area is 444 Å². The number of carbonyl (C=O) groups is 4. The molecule has 8 aromatic rings. The van der Waals surface area contributed by atoms with Gasteiger partial charge in [0.15, 0.2) is 67.1 Å². The first-order valence-electron chi connectivity index (χ1n) is 21.1. The standard InChI is InChI=1S/C10H11ClN4O.C8H11N3O2.C7H7N5O2.C5H3ClN4O.C5H3ClN4.C5H7N3O.CH4.ClH/c11-9-8-10(13-5-12-9)15(6-14-8)7-3-1-2-4-16-7;1-3-6(13)11-4-10-7(5(2)12)8(11)9;1-4(13)5-6-9-10-11(2)7(14)12(6)3-8-5;6-4-3-5(8-1-7-3)9-2-10(4)11;6-4-3-5(9-1-7-3)10-2-8-4;1-3(9)4-5(6)8-2-7-4;;/h5-7H,1-4H2;4H,3,9H2,1-2H3;3H,1-2H3;1-2,11H;1-2H,(H,7,8,9,10);2H,6H2,1H3,(H,7,8);1H4;1H. The highest BCUT2D eigenvalue weighted by Crippen LogP contribution is 2.27. The maximum absolute atomic E-state index is 11.4. The van der Waals surface area contributed by atoms with Gasteiger partial charge in [0, 0.05) is 40.8 Å². The average Bonchev–Trinajstić information content (AvgIpc) is 4.25. The molecule has 396 valence electrons. The summed E-state index contributed by atoms with van der Waals surface area (Å²) < 4.78 is 11.8. The summed E-state index contributed by atoms with van der Waals surface area (Å²) in [6.07, 6.45) is 16.2. The van der Waals surface area contributed by atoms with Crippen LogP contribution in [-0.4, -0.2) is 138 Å². The molecule has 1 fully saturated rings. The molecule has 0 aromatic carbocycles. The van der Waals surface area contributed by atoms with Crippen molar-refractivity contribution in [2.24, 2.45) is 7.05 Å². The molecule has 8 aromatic heterocycles. The van der Waals surface area contributed by atoms with Gasteiger partial charge in [-0.3, -0.25) is 28.3 Å². The summed E-state index contributed by atoms with van der Waals surface area (Å²) in [5, 5.41) is 17.2. The number of aromatic nitrogens is 21. The largest absolute Gasteiger partial charge is 0.426 e. The predicted molar refractivity (Wildman–Crippen MR) is 273 cm³/mol. The van der Waals surface area contributed by atoms with Gasteiger partial charge in [0.25, 0.3) is 0 Å². The molecule has 0 bridgehead atoms. The molecule has 3 aliphatic rings. The lowest BCUT2D eigenvalue weighted by Crippen LogP contribution is -2.27. The summed E-state index contributed by atoms with van der Waals surface area (Å²) in [5.41, 5.74) is 14.4. The van der Waals surface area contributed by atoms with Crippen molar-refractivity contribution >= 4 is 110 Å². The first-order valence-corrected chi connectivity index (χ1v) is 22.3. The molecule has 0 radical (unpaired) electrons. The van der Waals surface area contributed by atoms with Crippen molar-refractivity contribution in [3.05, 3.63) is 100.0 Å². The molecule has 1 unspecified atom stereocenters. The minimum Gasteiger partial charge on any atom is -0.426 e. The number of ketones is 3. The quantitative estimate of drug-likeness (QED) is 0.0873. The van der Waals surface area contributed by atoms with Crippen LogP contribution in [0.25, 0.3) is 39.5 Å². The third kappa shape index (κ3) is 14.2. The van der Waals surface area contributed by atoms with Crippen LogP contribution >= 0.6 is 47.2 Å². The molecule has 3 aliphatic heterocycles. The number of aromatic amines is 2. The lowest BCUT2D eigenvalue weighted by molar-refractivity contribution is -0.0298. The zero-order valence-electron chi connectivity index (χ0n) is 39.4. The number of hydrogen-bond acceptors (Lipinski definition) is 23. The highest BCUT2D eigenvalue weighted by atomic mass is 35.5. The number of halogens is 4. The second kappa shape index (κ2) is 27.0. The average molecular weight is 1120 g/mol. The minimum absolute atomic E-state index is 0. The molecule has 0 saturated carbocycles. The molecule has 1 saturated heterocycles. The number of aryl methyl sites for hydroxylation is 1. The van der Waals surface area contributed by atoms with Crippen LogP contribution in [0.3, 0.4) is 0 Å². The van der Waals surface area contributed by atoms with Crippen LogP contribution in [-0.2, 0) is 11.8 Å². The van der Waals surface area contributed by atoms with Crippen LogP contribution in [0, 0.1) is 0 Å². The SMILES string of the molecule is C.CC(=O)c1[nH]cnc1N.CC(=O)c1ncn2c(=O)n(C)nnc12.CCC(=O)n1cnc(C(C)=O)c1N.Cl.Clc1ncnc2c1ncn2C1CCCCO1.Clc1ncnc2nc[nH]c12.On1cnc2ncnc-2c1Cl. The van der Waals surface area contributed by atoms with Crippen LogP contribution in [0.15, 0.2) is 61.7 Å². The number of nitrogen functional groups attached to an aromatic ring is 2. The number of H-pyrrole nitrogens is 2. The van der Waals surface area contributed by atoms with E-state index in [-0.39, 0.29) is 88.8 Å². The number of carbonyl (C=O) groups excluding carboxylic acids is 4. The molecule has 75 heavy (non-hydrogen) atoms. The molecule has 0 amide bonds. The van der Waals surface area contributed by atoms with Crippen molar-refractivity contribution in [1.29, 1.82) is 0 Å². The summed E-state index contributed by atoms with van der Waals surface area (Å²) in [5.74, 6) is 0.0832. The van der Waals surface area contributed by atoms with Crippen LogP contribution in [0.1, 0.15) is 103 Å². The van der Waals surface area contributed by atoms with Gasteiger partial charge < -0.3 is 31.4 Å². The number of imidazole rings is 6. The fraction of sp³-hybridized carbons (Fsp3) is 0.293. The highest BCUT2D eigenvalue weighted by molar-refractivity contribution is 6.33. The normalized spacial score (nSPS) is 12.4. The van der Waals surface area contributed by atoms with E-state index in [2.05, 4.69) is 80.1 Å². The van der Waals surface area contributed by atoms with Crippen LogP contribution in [0.5, 0.6) is 0 Å². The van der Waals surface area contributed by atoms with Crippen molar-refractivity contribution in [2.75, 3.05) is 18.1 Å². The van der Waals surface area contributed by atoms with Crippen LogP contribution in [0.4, 0.5) is 11.6 Å². The topological polar surface area (TPSA) is 403 Å². The Morgan fingerprint density at radius 3 is 2.07 bits per heavy atom. The van der Waals surface area contributed by atoms with Gasteiger partial charge in [0.1, 0.15) is 78.1 Å². The zero-order valence-corrected chi connectivity index (χ0v) is 42.5. The fourth-order valence-corrected chi connectivity index (χ4v) is 6.73. The number of Topliss-reactive ketones (excluding diaryl/α,β-unsaturated/α-hetero) is 3. The van der Waals surface area contributed by atoms with E-state index in [0.717, 1.165) is 29.8 Å². The minimum atomic E-state index is -0.380. The molecule has 1 atom stereocenters. The van der Waals surface area contributed by atoms with Crippen molar-refractivity contribution in [3.63, 3.8) is 0 Å². The van der Waals surface area contributed by atoms with Gasteiger partial charge in [-0.2, -0.15) is 9.41 Å².